The molecule has 15 nitrogen and oxygen atoms in total. The number of rotatable bonds is 9. The van der Waals surface area contributed by atoms with Gasteiger partial charge >= 0.3 is 5.97 Å². The molecule has 0 bridgehead atoms. The summed E-state index contributed by atoms with van der Waals surface area (Å²) in [6.07, 6.45) is 6.39. The van der Waals surface area contributed by atoms with Gasteiger partial charge in [0.2, 0.25) is 0 Å². The van der Waals surface area contributed by atoms with Crippen molar-refractivity contribution < 1.29 is 60.6 Å². The first kappa shape index (κ1) is 62.8. The molecule has 0 aromatic heterocycles. The smallest absolute Gasteiger partial charge is 0.311 e. The predicted octanol–water partition coefficient (Wildman–Crippen LogP) is 5.59. The number of nitrogens with zero attached hydrogens (tertiary/aromatic N) is 1. The number of carbonyl (C=O) groups excluding carboxylic acids is 1. The van der Waals surface area contributed by atoms with Crippen LogP contribution in [0.25, 0.3) is 0 Å². The Morgan fingerprint density at radius 1 is 0.642 bits per heavy atom. The Labute approximate surface area is 404 Å². The molecule has 1 heterocycles. The molecule has 0 radical (unpaired) electrons. The molecule has 0 aromatic carbocycles. The highest BCUT2D eigenvalue weighted by Gasteiger charge is 2.36. The van der Waals surface area contributed by atoms with Gasteiger partial charge < -0.3 is 67.3 Å². The number of carbonyl (C=O) groups is 1. The minimum Gasteiger partial charge on any atom is -0.462 e. The van der Waals surface area contributed by atoms with Gasteiger partial charge in [-0.15, -0.1) is 0 Å². The van der Waals surface area contributed by atoms with E-state index in [1.54, 1.807) is 13.0 Å². The van der Waals surface area contributed by atoms with E-state index in [0.29, 0.717) is 95.6 Å². The van der Waals surface area contributed by atoms with E-state index in [0.717, 1.165) is 44.1 Å². The maximum Gasteiger partial charge on any atom is 0.311 e. The zero-order valence-electron chi connectivity index (χ0n) is 42.4. The Balaban J connectivity index is 3.24. The monoisotopic (exact) mass is 958 g/mol. The molecular weight excluding hydrogens is 859 g/mol. The second-order valence-electron chi connectivity index (χ2n) is 20.5. The Morgan fingerprint density at radius 3 is 1.82 bits per heavy atom. The van der Waals surface area contributed by atoms with E-state index in [2.05, 4.69) is 11.9 Å². The fraction of sp³-hybridized carbons (Fsp3) is 0.885. The number of unbranched alkanes of at least 4 members (excludes halogenated alkanes) is 3. The van der Waals surface area contributed by atoms with Crippen LogP contribution in [0.15, 0.2) is 28.3 Å². The summed E-state index contributed by atoms with van der Waals surface area (Å²) in [5, 5.41) is 108. The van der Waals surface area contributed by atoms with E-state index < -0.39 is 84.9 Å². The van der Waals surface area contributed by atoms with Crippen molar-refractivity contribution in [2.75, 3.05) is 6.54 Å². The number of aliphatic hydroxyl groups is 10. The van der Waals surface area contributed by atoms with Gasteiger partial charge in [0.15, 0.2) is 5.96 Å². The van der Waals surface area contributed by atoms with E-state index in [4.69, 9.17) is 16.2 Å². The molecular formula is C52H99N3O12. The zero-order chi connectivity index (χ0) is 50.5. The largest absolute Gasteiger partial charge is 0.462 e. The molecule has 67 heavy (non-hydrogen) atoms. The molecule has 1 aliphatic rings. The fourth-order valence-electron chi connectivity index (χ4n) is 9.39. The summed E-state index contributed by atoms with van der Waals surface area (Å²) in [6.45, 7) is 11.9. The molecule has 0 aromatic rings. The lowest BCUT2D eigenvalue weighted by molar-refractivity contribution is -0.165. The summed E-state index contributed by atoms with van der Waals surface area (Å²) in [7, 11) is 0. The third kappa shape index (κ3) is 28.9. The zero-order valence-corrected chi connectivity index (χ0v) is 42.4. The molecule has 15 atom stereocenters. The Hall–Kier alpha value is -2.18. The summed E-state index contributed by atoms with van der Waals surface area (Å²) in [5.41, 5.74) is 12.9. The minimum atomic E-state index is -1.02. The van der Waals surface area contributed by atoms with Crippen LogP contribution in [0.1, 0.15) is 196 Å². The Morgan fingerprint density at radius 2 is 1.21 bits per heavy atom. The van der Waals surface area contributed by atoms with E-state index in [1.165, 1.54) is 0 Å². The number of esters is 1. The molecule has 15 heteroatoms. The van der Waals surface area contributed by atoms with Gasteiger partial charge in [-0.3, -0.25) is 9.79 Å². The predicted molar refractivity (Wildman–Crippen MR) is 266 cm³/mol. The normalized spacial score (nSPS) is 36.8. The molecule has 1 rings (SSSR count). The Bertz CT molecular complexity index is 1380. The number of cyclic esters (lactones) is 1. The maximum absolute atomic E-state index is 14.2. The van der Waals surface area contributed by atoms with Gasteiger partial charge in [0, 0.05) is 18.4 Å². The van der Waals surface area contributed by atoms with Gasteiger partial charge in [0.05, 0.1) is 67.0 Å². The van der Waals surface area contributed by atoms with Crippen LogP contribution in [-0.2, 0) is 9.53 Å². The van der Waals surface area contributed by atoms with Gasteiger partial charge in [-0.05, 0) is 147 Å². The van der Waals surface area contributed by atoms with Crippen LogP contribution >= 0.6 is 0 Å². The van der Waals surface area contributed by atoms with Crippen molar-refractivity contribution in [1.29, 1.82) is 0 Å². The molecule has 0 amide bonds. The van der Waals surface area contributed by atoms with Crippen molar-refractivity contribution in [1.82, 2.24) is 0 Å². The molecule has 0 spiro atoms. The van der Waals surface area contributed by atoms with Crippen LogP contribution in [0.4, 0.5) is 0 Å². The standard InChI is InChI=1S/C52H99N3O12/c1-7-8-9-10-21-46-50(65)36(4)25-26-40(57)19-13-18-39(56)20-14-22-47(63)35(3)24-27-42(59)31-44(61)33-45(62)32-43(60)30-41(58)17-12-11-16-34(2)29-37(5)49(64)38(6)48(67-51(46)66)23-15-28-55-52(53)54/h24,29,36-50,56-65H,7-23,25-28,30-33H2,1-6H3,(H4,53,54,55)/b34-29+,35-24+. The van der Waals surface area contributed by atoms with E-state index in [1.807, 2.05) is 33.8 Å². The lowest BCUT2D eigenvalue weighted by atomic mass is 9.84. The number of aliphatic hydroxyl groups excluding tert-OH is 10. The molecule has 14 N–H and O–H groups in total. The molecule has 1 aliphatic heterocycles. The summed E-state index contributed by atoms with van der Waals surface area (Å²) in [5.74, 6) is -2.41. The molecule has 0 saturated heterocycles. The summed E-state index contributed by atoms with van der Waals surface area (Å²) in [4.78, 5) is 18.3. The third-order valence-corrected chi connectivity index (χ3v) is 13.9. The van der Waals surface area contributed by atoms with Crippen molar-refractivity contribution in [3.05, 3.63) is 23.3 Å². The van der Waals surface area contributed by atoms with Crippen molar-refractivity contribution in [2.24, 2.45) is 40.1 Å². The first-order valence-corrected chi connectivity index (χ1v) is 26.0. The number of hydrogen-bond donors (Lipinski definition) is 12. The number of ether oxygens (including phenoxy) is 1. The molecule has 15 unspecified atom stereocenters. The van der Waals surface area contributed by atoms with Gasteiger partial charge in [0.1, 0.15) is 6.10 Å². The lowest BCUT2D eigenvalue weighted by Gasteiger charge is -2.33. The van der Waals surface area contributed by atoms with Crippen LogP contribution in [0.3, 0.4) is 0 Å². The number of nitrogens with two attached hydrogens (primary N) is 2. The van der Waals surface area contributed by atoms with E-state index >= 15 is 0 Å². The first-order valence-electron chi connectivity index (χ1n) is 26.0. The third-order valence-electron chi connectivity index (χ3n) is 13.9. The molecule has 0 saturated carbocycles. The summed E-state index contributed by atoms with van der Waals surface area (Å²) >= 11 is 0. The number of allylic oxidation sites excluding steroid dienone is 1. The highest BCUT2D eigenvalue weighted by atomic mass is 16.5. The van der Waals surface area contributed by atoms with Crippen molar-refractivity contribution in [3.63, 3.8) is 0 Å². The maximum atomic E-state index is 14.2. The average molecular weight is 958 g/mol. The number of guanidine groups is 1. The molecule has 0 aliphatic carbocycles. The first-order chi connectivity index (χ1) is 31.6. The van der Waals surface area contributed by atoms with Crippen LogP contribution in [-0.4, -0.2) is 137 Å². The van der Waals surface area contributed by atoms with E-state index in [-0.39, 0.29) is 49.9 Å². The Kier molecular flexibility index (Phi) is 33.6. The van der Waals surface area contributed by atoms with Gasteiger partial charge in [-0.2, -0.15) is 0 Å². The van der Waals surface area contributed by atoms with Gasteiger partial charge in [-0.1, -0.05) is 77.5 Å². The quantitative estimate of drug-likeness (QED) is 0.0441. The highest BCUT2D eigenvalue weighted by Crippen LogP contribution is 2.30. The number of hydrogen-bond acceptors (Lipinski definition) is 13. The topological polar surface area (TPSA) is 293 Å². The minimum absolute atomic E-state index is 0.0135. The van der Waals surface area contributed by atoms with Crippen LogP contribution in [0.5, 0.6) is 0 Å². The highest BCUT2D eigenvalue weighted by molar-refractivity contribution is 5.75. The van der Waals surface area contributed by atoms with Crippen LogP contribution in [0.2, 0.25) is 0 Å². The van der Waals surface area contributed by atoms with Crippen molar-refractivity contribution in [3.8, 4) is 0 Å². The summed E-state index contributed by atoms with van der Waals surface area (Å²) in [6, 6.07) is 0. The van der Waals surface area contributed by atoms with Crippen molar-refractivity contribution in [2.45, 2.75) is 263 Å². The SMILES string of the molecule is CCCCCCC1C(=O)OC(CCCN=C(N)N)C(C)C(O)C(C)/C=C(\C)CCCCC(O)CC(O)CC(O)CC(O)CC(O)C/C=C(\C)C(O)CCCC(O)CCCC(O)CCC(C)C1O. The van der Waals surface area contributed by atoms with E-state index in [9.17, 15) is 55.9 Å². The van der Waals surface area contributed by atoms with Crippen LogP contribution < -0.4 is 11.5 Å². The fourth-order valence-corrected chi connectivity index (χ4v) is 9.39. The van der Waals surface area contributed by atoms with Crippen molar-refractivity contribution >= 4 is 11.9 Å². The van der Waals surface area contributed by atoms with Gasteiger partial charge in [0.25, 0.3) is 0 Å². The average Bonchev–Trinajstić information content (AvgIpc) is 3.25. The molecule has 0 fully saturated rings. The molecule has 394 valence electrons. The second kappa shape index (κ2) is 35.8. The summed E-state index contributed by atoms with van der Waals surface area (Å²) < 4.78 is 6.27. The second-order valence-corrected chi connectivity index (χ2v) is 20.5. The van der Waals surface area contributed by atoms with Gasteiger partial charge in [-0.25, -0.2) is 0 Å². The lowest BCUT2D eigenvalue weighted by Crippen LogP contribution is -2.41. The number of aliphatic imine (C=N–C) groups is 1. The van der Waals surface area contributed by atoms with Crippen LogP contribution in [0, 0.1) is 23.7 Å².